The number of carboxylic acids is 1. The van der Waals surface area contributed by atoms with Crippen molar-refractivity contribution in [2.45, 2.75) is 19.8 Å². The first kappa shape index (κ1) is 15.9. The molecule has 2 fully saturated rings. The predicted octanol–water partition coefficient (Wildman–Crippen LogP) is 2.78. The molecule has 0 aromatic heterocycles. The van der Waals surface area contributed by atoms with Gasteiger partial charge in [0, 0.05) is 5.92 Å². The van der Waals surface area contributed by atoms with Crippen LogP contribution >= 0.6 is 0 Å². The number of ketones is 1. The number of carbonyl (C=O) groups excluding carboxylic acids is 1. The van der Waals surface area contributed by atoms with E-state index >= 15 is 0 Å². The summed E-state index contributed by atoms with van der Waals surface area (Å²) < 4.78 is 25.1. The molecule has 1 aliphatic carbocycles. The number of fused-ring (bicyclic) bond motifs is 2. The summed E-state index contributed by atoms with van der Waals surface area (Å²) in [4.78, 5) is 24.0. The lowest BCUT2D eigenvalue weighted by Crippen LogP contribution is -2.35. The fourth-order valence-electron chi connectivity index (χ4n) is 3.71. The standard InChI is InChI=1S/C17H19FO5/c1-2-23-14-6-11(13(18)5-12(14)17(20)21)16(19)15-9-3-4-10(15)8-22-7-9/h5-6,9-10,15H,2-4,7-8H2,1H3,(H,20,21). The molecule has 1 aromatic rings. The number of carboxylic acid groups (broad SMARTS) is 1. The van der Waals surface area contributed by atoms with Gasteiger partial charge in [0.05, 0.1) is 25.4 Å². The van der Waals surface area contributed by atoms with Crippen LogP contribution in [0.2, 0.25) is 0 Å². The molecule has 0 radical (unpaired) electrons. The summed E-state index contributed by atoms with van der Waals surface area (Å²) in [7, 11) is 0. The van der Waals surface area contributed by atoms with E-state index in [1.54, 1.807) is 6.92 Å². The zero-order valence-electron chi connectivity index (χ0n) is 12.9. The van der Waals surface area contributed by atoms with Crippen LogP contribution in [0.25, 0.3) is 0 Å². The molecule has 1 saturated carbocycles. The first-order valence-electron chi connectivity index (χ1n) is 7.84. The molecular formula is C17H19FO5. The Bertz CT molecular complexity index is 626. The third-order valence-corrected chi connectivity index (χ3v) is 4.76. The smallest absolute Gasteiger partial charge is 0.339 e. The summed E-state index contributed by atoms with van der Waals surface area (Å²) >= 11 is 0. The molecule has 0 spiro atoms. The molecule has 2 unspecified atom stereocenters. The van der Waals surface area contributed by atoms with Gasteiger partial charge in [-0.2, -0.15) is 0 Å². The van der Waals surface area contributed by atoms with Crippen LogP contribution in [-0.4, -0.2) is 36.7 Å². The van der Waals surface area contributed by atoms with Gasteiger partial charge >= 0.3 is 5.97 Å². The first-order chi connectivity index (χ1) is 11.0. The van der Waals surface area contributed by atoms with Gasteiger partial charge in [-0.15, -0.1) is 0 Å². The summed E-state index contributed by atoms with van der Waals surface area (Å²) in [6.45, 7) is 3.00. The number of halogens is 1. The Morgan fingerprint density at radius 2 is 1.91 bits per heavy atom. The molecule has 1 aromatic carbocycles. The Balaban J connectivity index is 1.97. The van der Waals surface area contributed by atoms with Crippen molar-refractivity contribution in [1.82, 2.24) is 0 Å². The number of aromatic carboxylic acids is 1. The summed E-state index contributed by atoms with van der Waals surface area (Å²) in [6, 6.07) is 2.11. The van der Waals surface area contributed by atoms with E-state index in [-0.39, 0.29) is 47.0 Å². The quantitative estimate of drug-likeness (QED) is 0.844. The van der Waals surface area contributed by atoms with Gasteiger partial charge in [0.1, 0.15) is 17.1 Å². The van der Waals surface area contributed by atoms with Gasteiger partial charge in [0.15, 0.2) is 5.78 Å². The van der Waals surface area contributed by atoms with Crippen LogP contribution in [0.15, 0.2) is 12.1 Å². The highest BCUT2D eigenvalue weighted by atomic mass is 19.1. The Morgan fingerprint density at radius 3 is 2.48 bits per heavy atom. The van der Waals surface area contributed by atoms with E-state index in [4.69, 9.17) is 14.6 Å². The number of rotatable bonds is 5. The Morgan fingerprint density at radius 1 is 1.26 bits per heavy atom. The molecule has 1 N–H and O–H groups in total. The molecule has 1 aliphatic heterocycles. The number of hydrogen-bond donors (Lipinski definition) is 1. The number of hydrogen-bond acceptors (Lipinski definition) is 4. The fraction of sp³-hybridized carbons (Fsp3) is 0.529. The van der Waals surface area contributed by atoms with Crippen LogP contribution in [0.5, 0.6) is 5.75 Å². The number of Topliss-reactive ketones (excluding diaryl/α,β-unsaturated/α-hetero) is 1. The molecule has 0 amide bonds. The lowest BCUT2D eigenvalue weighted by Gasteiger charge is -2.29. The molecule has 6 heteroatoms. The molecule has 124 valence electrons. The Kier molecular flexibility index (Phi) is 4.35. The third-order valence-electron chi connectivity index (χ3n) is 4.76. The van der Waals surface area contributed by atoms with Gasteiger partial charge in [-0.3, -0.25) is 4.79 Å². The minimum atomic E-state index is -1.28. The molecule has 1 heterocycles. The van der Waals surface area contributed by atoms with Gasteiger partial charge in [0.25, 0.3) is 0 Å². The maximum atomic E-state index is 14.3. The molecule has 5 nitrogen and oxygen atoms in total. The van der Waals surface area contributed by atoms with Crippen molar-refractivity contribution in [3.63, 3.8) is 0 Å². The van der Waals surface area contributed by atoms with Crippen molar-refractivity contribution < 1.29 is 28.6 Å². The Labute approximate surface area is 133 Å². The second-order valence-corrected chi connectivity index (χ2v) is 6.09. The molecule has 2 aliphatic rings. The fourth-order valence-corrected chi connectivity index (χ4v) is 3.71. The van der Waals surface area contributed by atoms with Gasteiger partial charge in [-0.25, -0.2) is 9.18 Å². The highest BCUT2D eigenvalue weighted by Crippen LogP contribution is 2.43. The lowest BCUT2D eigenvalue weighted by atomic mass is 9.81. The molecule has 2 bridgehead atoms. The van der Waals surface area contributed by atoms with Crippen LogP contribution in [0.3, 0.4) is 0 Å². The van der Waals surface area contributed by atoms with Crippen LogP contribution in [0, 0.1) is 23.6 Å². The van der Waals surface area contributed by atoms with Crippen LogP contribution in [-0.2, 0) is 4.74 Å². The van der Waals surface area contributed by atoms with Crippen molar-refractivity contribution in [2.75, 3.05) is 19.8 Å². The van der Waals surface area contributed by atoms with Crippen molar-refractivity contribution in [1.29, 1.82) is 0 Å². The monoisotopic (exact) mass is 322 g/mol. The average molecular weight is 322 g/mol. The van der Waals surface area contributed by atoms with E-state index in [1.807, 2.05) is 0 Å². The third kappa shape index (κ3) is 2.83. The van der Waals surface area contributed by atoms with E-state index in [9.17, 15) is 14.0 Å². The van der Waals surface area contributed by atoms with Crippen molar-refractivity contribution in [3.05, 3.63) is 29.1 Å². The van der Waals surface area contributed by atoms with E-state index in [2.05, 4.69) is 0 Å². The van der Waals surface area contributed by atoms with Crippen LogP contribution in [0.4, 0.5) is 4.39 Å². The first-order valence-corrected chi connectivity index (χ1v) is 7.84. The zero-order chi connectivity index (χ0) is 16.6. The zero-order valence-corrected chi connectivity index (χ0v) is 12.9. The van der Waals surface area contributed by atoms with E-state index in [0.29, 0.717) is 13.2 Å². The van der Waals surface area contributed by atoms with Gasteiger partial charge < -0.3 is 14.6 Å². The molecule has 23 heavy (non-hydrogen) atoms. The van der Waals surface area contributed by atoms with E-state index < -0.39 is 11.8 Å². The summed E-state index contributed by atoms with van der Waals surface area (Å²) in [5, 5.41) is 9.14. The van der Waals surface area contributed by atoms with Gasteiger partial charge in [0.2, 0.25) is 0 Å². The van der Waals surface area contributed by atoms with Crippen LogP contribution in [0.1, 0.15) is 40.5 Å². The van der Waals surface area contributed by atoms with Crippen molar-refractivity contribution in [2.24, 2.45) is 17.8 Å². The molecule has 3 rings (SSSR count). The molecular weight excluding hydrogens is 303 g/mol. The molecule has 2 atom stereocenters. The maximum absolute atomic E-state index is 14.3. The number of benzene rings is 1. The molecule has 1 saturated heterocycles. The Hall–Kier alpha value is -1.95. The highest BCUT2D eigenvalue weighted by Gasteiger charge is 2.44. The SMILES string of the molecule is CCOc1cc(C(=O)C2C3CCC2COC3)c(F)cc1C(=O)O. The van der Waals surface area contributed by atoms with Crippen LogP contribution < -0.4 is 4.74 Å². The van der Waals surface area contributed by atoms with Gasteiger partial charge in [-0.05, 0) is 43.7 Å². The topological polar surface area (TPSA) is 72.8 Å². The normalized spacial score (nSPS) is 26.1. The number of ether oxygens (including phenoxy) is 2. The average Bonchev–Trinajstić information content (AvgIpc) is 2.77. The lowest BCUT2D eigenvalue weighted by molar-refractivity contribution is 0.0103. The summed E-state index contributed by atoms with van der Waals surface area (Å²) in [5.74, 6) is -2.33. The largest absolute Gasteiger partial charge is 0.493 e. The predicted molar refractivity (Wildman–Crippen MR) is 79.4 cm³/mol. The van der Waals surface area contributed by atoms with E-state index in [1.165, 1.54) is 6.07 Å². The highest BCUT2D eigenvalue weighted by molar-refractivity contribution is 6.01. The summed E-state index contributed by atoms with van der Waals surface area (Å²) in [5.41, 5.74) is -0.349. The summed E-state index contributed by atoms with van der Waals surface area (Å²) in [6.07, 6.45) is 1.82. The minimum Gasteiger partial charge on any atom is -0.493 e. The van der Waals surface area contributed by atoms with E-state index in [0.717, 1.165) is 18.9 Å². The van der Waals surface area contributed by atoms with Crippen molar-refractivity contribution >= 4 is 11.8 Å². The maximum Gasteiger partial charge on any atom is 0.339 e. The second kappa shape index (κ2) is 6.28. The minimum absolute atomic E-state index is 0.0316. The second-order valence-electron chi connectivity index (χ2n) is 6.09. The van der Waals surface area contributed by atoms with Crippen molar-refractivity contribution in [3.8, 4) is 5.75 Å². The number of carbonyl (C=O) groups is 2. The van der Waals surface area contributed by atoms with Gasteiger partial charge in [-0.1, -0.05) is 0 Å².